The smallest absolute Gasteiger partial charge is 0.236 e. The van der Waals surface area contributed by atoms with Crippen molar-refractivity contribution < 1.29 is 9.26 Å². The Labute approximate surface area is 178 Å². The van der Waals surface area contributed by atoms with E-state index in [0.717, 1.165) is 36.9 Å². The topological polar surface area (TPSA) is 102 Å². The van der Waals surface area contributed by atoms with Crippen molar-refractivity contribution in [2.45, 2.75) is 51.0 Å². The van der Waals surface area contributed by atoms with Crippen molar-refractivity contribution in [3.63, 3.8) is 0 Å². The van der Waals surface area contributed by atoms with E-state index in [1.165, 1.54) is 11.1 Å². The molecule has 2 bridgehead atoms. The Morgan fingerprint density at radius 3 is 2.65 bits per heavy atom. The molecule has 31 heavy (non-hydrogen) atoms. The van der Waals surface area contributed by atoms with Gasteiger partial charge < -0.3 is 9.26 Å². The van der Waals surface area contributed by atoms with Gasteiger partial charge in [0.2, 0.25) is 11.7 Å². The van der Waals surface area contributed by atoms with E-state index >= 15 is 0 Å². The molecular formula is C23H20N6O2. The highest BCUT2D eigenvalue weighted by atomic mass is 16.5. The number of nitriles is 1. The summed E-state index contributed by atoms with van der Waals surface area (Å²) in [5.74, 6) is 2.71. The van der Waals surface area contributed by atoms with Gasteiger partial charge in [-0.2, -0.15) is 9.78 Å². The summed E-state index contributed by atoms with van der Waals surface area (Å²) in [5, 5.41) is 27.2. The lowest BCUT2D eigenvalue weighted by Crippen LogP contribution is -2.25. The summed E-state index contributed by atoms with van der Waals surface area (Å²) in [6.45, 7) is 2.13. The average Bonchev–Trinajstić information content (AvgIpc) is 3.44. The minimum absolute atomic E-state index is 0.284. The summed E-state index contributed by atoms with van der Waals surface area (Å²) in [4.78, 5) is 0. The number of ether oxygens (including phenoxy) is 1. The van der Waals surface area contributed by atoms with Gasteiger partial charge in [0, 0.05) is 22.8 Å². The van der Waals surface area contributed by atoms with Crippen LogP contribution in [0.25, 0.3) is 17.2 Å². The molecule has 3 heterocycles. The van der Waals surface area contributed by atoms with E-state index < -0.39 is 0 Å². The molecule has 0 atom stereocenters. The zero-order valence-electron chi connectivity index (χ0n) is 17.1. The molecule has 0 unspecified atom stereocenters. The van der Waals surface area contributed by atoms with Gasteiger partial charge in [0.15, 0.2) is 11.3 Å². The maximum atomic E-state index is 9.41. The number of aryl methyl sites for hydroxylation is 1. The lowest BCUT2D eigenvalue weighted by atomic mass is 9.67. The lowest BCUT2D eigenvalue weighted by molar-refractivity contribution is 0.268. The van der Waals surface area contributed by atoms with Gasteiger partial charge in [0.25, 0.3) is 0 Å². The molecule has 0 spiro atoms. The number of fused-ring (bicyclic) bond motifs is 3. The third kappa shape index (κ3) is 2.81. The molecule has 7 rings (SSSR count). The fourth-order valence-electron chi connectivity index (χ4n) is 5.03. The Bertz CT molecular complexity index is 1340. The van der Waals surface area contributed by atoms with E-state index in [4.69, 9.17) is 14.4 Å². The first-order valence-corrected chi connectivity index (χ1v) is 10.6. The van der Waals surface area contributed by atoms with E-state index in [-0.39, 0.29) is 6.61 Å². The number of nitrogens with zero attached hydrogens (tertiary/aromatic N) is 6. The third-order valence-electron chi connectivity index (χ3n) is 6.50. The molecule has 3 aromatic heterocycles. The molecule has 4 aromatic rings. The summed E-state index contributed by atoms with van der Waals surface area (Å²) in [6.07, 6.45) is 4.59. The second kappa shape index (κ2) is 6.91. The number of hydrogen-bond acceptors (Lipinski definition) is 7. The lowest BCUT2D eigenvalue weighted by Gasteiger charge is -2.38. The van der Waals surface area contributed by atoms with Crippen LogP contribution in [-0.2, 0) is 6.61 Å². The predicted octanol–water partition coefficient (Wildman–Crippen LogP) is 4.29. The van der Waals surface area contributed by atoms with Gasteiger partial charge in [0.1, 0.15) is 12.4 Å². The van der Waals surface area contributed by atoms with E-state index in [0.29, 0.717) is 40.6 Å². The van der Waals surface area contributed by atoms with Crippen LogP contribution in [0, 0.1) is 18.3 Å². The van der Waals surface area contributed by atoms with Gasteiger partial charge in [-0.05, 0) is 50.5 Å². The molecule has 3 aliphatic carbocycles. The Kier molecular flexibility index (Phi) is 4.03. The van der Waals surface area contributed by atoms with Gasteiger partial charge in [0.05, 0.1) is 11.6 Å². The number of aromatic nitrogens is 5. The van der Waals surface area contributed by atoms with Crippen LogP contribution in [0.5, 0.6) is 5.88 Å². The molecule has 0 aliphatic heterocycles. The monoisotopic (exact) mass is 412 g/mol. The molecule has 0 N–H and O–H groups in total. The van der Waals surface area contributed by atoms with E-state index in [2.05, 4.69) is 21.4 Å². The average molecular weight is 412 g/mol. The van der Waals surface area contributed by atoms with Crippen molar-refractivity contribution in [3.05, 3.63) is 58.3 Å². The minimum atomic E-state index is 0.284. The standard InChI is InChI=1S/C23H20N6O2/c1-13-10-18(28-31-13)21-25-26-22-19-14-6-8-15(9-7-14)20(19)23(27-29(21)22)30-12-17-5-3-2-4-16(17)11-24/h2-5,10,14-15H,6-9,12H2,1H3. The van der Waals surface area contributed by atoms with Gasteiger partial charge in [-0.25, -0.2) is 0 Å². The van der Waals surface area contributed by atoms with Crippen LogP contribution in [0.1, 0.15) is 65.5 Å². The summed E-state index contributed by atoms with van der Waals surface area (Å²) in [7, 11) is 0. The molecular weight excluding hydrogens is 392 g/mol. The summed E-state index contributed by atoms with van der Waals surface area (Å²) in [5.41, 5.74) is 5.21. The van der Waals surface area contributed by atoms with Gasteiger partial charge >= 0.3 is 0 Å². The van der Waals surface area contributed by atoms with Crippen molar-refractivity contribution in [1.29, 1.82) is 5.26 Å². The minimum Gasteiger partial charge on any atom is -0.472 e. The van der Waals surface area contributed by atoms with Crippen LogP contribution in [0.3, 0.4) is 0 Å². The first-order chi connectivity index (χ1) is 15.2. The van der Waals surface area contributed by atoms with Gasteiger partial charge in [-0.1, -0.05) is 23.4 Å². The first kappa shape index (κ1) is 18.1. The van der Waals surface area contributed by atoms with Crippen molar-refractivity contribution in [2.75, 3.05) is 0 Å². The molecule has 1 fully saturated rings. The first-order valence-electron chi connectivity index (χ1n) is 10.6. The summed E-state index contributed by atoms with van der Waals surface area (Å²) in [6, 6.07) is 11.6. The maximum absolute atomic E-state index is 9.41. The van der Waals surface area contributed by atoms with E-state index in [1.54, 1.807) is 10.6 Å². The molecule has 0 radical (unpaired) electrons. The second-order valence-corrected chi connectivity index (χ2v) is 8.32. The fraction of sp³-hybridized carbons (Fsp3) is 0.348. The van der Waals surface area contributed by atoms with Gasteiger partial charge in [-0.3, -0.25) is 0 Å². The Morgan fingerprint density at radius 1 is 1.13 bits per heavy atom. The highest BCUT2D eigenvalue weighted by molar-refractivity contribution is 5.63. The zero-order chi connectivity index (χ0) is 20.9. The molecule has 3 aliphatic rings. The van der Waals surface area contributed by atoms with Crippen molar-refractivity contribution in [3.8, 4) is 23.5 Å². The molecule has 0 saturated heterocycles. The van der Waals surface area contributed by atoms with Crippen LogP contribution >= 0.6 is 0 Å². The van der Waals surface area contributed by atoms with Crippen LogP contribution < -0.4 is 4.74 Å². The van der Waals surface area contributed by atoms with Crippen molar-refractivity contribution in [1.82, 2.24) is 25.0 Å². The molecule has 1 saturated carbocycles. The highest BCUT2D eigenvalue weighted by Gasteiger charge is 2.39. The van der Waals surface area contributed by atoms with Gasteiger partial charge in [-0.15, -0.1) is 15.3 Å². The SMILES string of the molecule is Cc1cc(-c2nnc3c4c(c(OCc5ccccc5C#N)nn23)C2CCC4CC2)no1. The fourth-order valence-corrected chi connectivity index (χ4v) is 5.03. The van der Waals surface area contributed by atoms with Crippen LogP contribution in [-0.4, -0.2) is 25.0 Å². The van der Waals surface area contributed by atoms with Crippen LogP contribution in [0.15, 0.2) is 34.9 Å². The molecule has 154 valence electrons. The quantitative estimate of drug-likeness (QED) is 0.492. The van der Waals surface area contributed by atoms with Crippen LogP contribution in [0.2, 0.25) is 0 Å². The predicted molar refractivity (Wildman–Crippen MR) is 110 cm³/mol. The van der Waals surface area contributed by atoms with E-state index in [9.17, 15) is 5.26 Å². The summed E-state index contributed by atoms with van der Waals surface area (Å²) < 4.78 is 13.3. The normalized spacial score (nSPS) is 19.4. The second-order valence-electron chi connectivity index (χ2n) is 8.32. The Hall–Kier alpha value is -3.73. The van der Waals surface area contributed by atoms with Crippen molar-refractivity contribution >= 4 is 5.65 Å². The van der Waals surface area contributed by atoms with E-state index in [1.807, 2.05) is 31.2 Å². The Balaban J connectivity index is 1.50. The number of rotatable bonds is 4. The largest absolute Gasteiger partial charge is 0.472 e. The van der Waals surface area contributed by atoms with Crippen LogP contribution in [0.4, 0.5) is 0 Å². The molecule has 8 heteroatoms. The molecule has 1 aromatic carbocycles. The Morgan fingerprint density at radius 2 is 1.90 bits per heavy atom. The summed E-state index contributed by atoms with van der Waals surface area (Å²) >= 11 is 0. The zero-order valence-corrected chi connectivity index (χ0v) is 17.1. The number of benzene rings is 1. The molecule has 8 nitrogen and oxygen atoms in total. The third-order valence-corrected chi connectivity index (χ3v) is 6.50. The maximum Gasteiger partial charge on any atom is 0.236 e. The highest BCUT2D eigenvalue weighted by Crippen LogP contribution is 2.53. The van der Waals surface area contributed by atoms with Crippen molar-refractivity contribution in [2.24, 2.45) is 0 Å². The number of hydrogen-bond donors (Lipinski definition) is 0. The molecule has 0 amide bonds.